The summed E-state index contributed by atoms with van der Waals surface area (Å²) in [6, 6.07) is 16.7. The monoisotopic (exact) mass is 1060 g/mol. The summed E-state index contributed by atoms with van der Waals surface area (Å²) in [5.74, 6) is -1.21. The van der Waals surface area contributed by atoms with Gasteiger partial charge in [-0.3, -0.25) is 22.9 Å². The zero-order chi connectivity index (χ0) is 51.3. The van der Waals surface area contributed by atoms with Gasteiger partial charge in [-0.25, -0.2) is 33.4 Å². The molecule has 0 spiro atoms. The van der Waals surface area contributed by atoms with E-state index in [0.717, 1.165) is 17.2 Å². The van der Waals surface area contributed by atoms with Crippen molar-refractivity contribution in [1.82, 2.24) is 34.5 Å². The Morgan fingerprint density at radius 2 is 1.63 bits per heavy atom. The number of amides is 1. The lowest BCUT2D eigenvalue weighted by Crippen LogP contribution is -2.50. The number of phosphoric acid groups is 1. The van der Waals surface area contributed by atoms with Crippen molar-refractivity contribution in [2.24, 2.45) is 0 Å². The third-order valence-corrected chi connectivity index (χ3v) is 19.7. The maximum atomic E-state index is 17.0. The summed E-state index contributed by atoms with van der Waals surface area (Å²) < 4.78 is 86.7. The van der Waals surface area contributed by atoms with Gasteiger partial charge in [-0.15, -0.1) is 5.10 Å². The minimum Gasteiger partial charge on any atom is -0.465 e. The highest BCUT2D eigenvalue weighted by Crippen LogP contribution is 2.57. The number of methoxy groups -OCH3 is 1. The molecule has 5 aromatic rings. The molecule has 5 heterocycles. The second-order valence-electron chi connectivity index (χ2n) is 17.5. The standard InChI is InChI=1S/C42H51FN10O14P2SSi/c1-42(2,3)71(5,6)67-34-28(21-54)63-40(53-27-16-10-15-26(41(56)59-4)31(27)50-51-53)35(34)66-69(70,61-20-12-18-45)62-22-29-33(65-68(57,58)60-19-11-17-44)30(43)39(64-29)52-24-48-32-36(46-23-47-37(32)52)49-38(55)25-13-8-7-9-14-25/h7-10,13-16,23-24,28-30,33-35,39-40,54H,11-12,19-22H2,1-6H3,(H,57,58)(H,46,47,49,55)/t28-,29-,30-,33-,34?,35-,39-,40-,69?/m1/s1. The first-order valence-corrected chi connectivity index (χ1v) is 28.9. The highest BCUT2D eigenvalue weighted by atomic mass is 32.5. The number of fused-ring (bicyclic) bond motifs is 2. The van der Waals surface area contributed by atoms with Gasteiger partial charge < -0.3 is 43.0 Å². The zero-order valence-corrected chi connectivity index (χ0v) is 42.7. The van der Waals surface area contributed by atoms with E-state index in [9.17, 15) is 29.4 Å². The lowest BCUT2D eigenvalue weighted by Gasteiger charge is -2.41. The fourth-order valence-electron chi connectivity index (χ4n) is 7.33. The quantitative estimate of drug-likeness (QED) is 0.0338. The maximum Gasteiger partial charge on any atom is 0.472 e. The molecule has 0 radical (unpaired) electrons. The first-order chi connectivity index (χ1) is 33.7. The summed E-state index contributed by atoms with van der Waals surface area (Å²) in [6.07, 6.45) is -10.6. The molecule has 24 nitrogen and oxygen atoms in total. The number of imidazole rings is 1. The number of aromatic nitrogens is 7. The van der Waals surface area contributed by atoms with Gasteiger partial charge in [-0.05, 0) is 54.2 Å². The number of phosphoric ester groups is 1. The van der Waals surface area contributed by atoms with Gasteiger partial charge in [0.05, 0.1) is 75.9 Å². The Labute approximate surface area is 412 Å². The van der Waals surface area contributed by atoms with E-state index >= 15 is 4.39 Å². The van der Waals surface area contributed by atoms with Crippen molar-refractivity contribution in [2.75, 3.05) is 38.9 Å². The van der Waals surface area contributed by atoms with Crippen LogP contribution in [0.1, 0.15) is 66.8 Å². The molecule has 71 heavy (non-hydrogen) atoms. The molecular formula is C42H51FN10O14P2SSi. The lowest BCUT2D eigenvalue weighted by atomic mass is 10.1. The van der Waals surface area contributed by atoms with Crippen LogP contribution in [0, 0.1) is 22.7 Å². The number of nitrogens with one attached hydrogen (secondary N) is 1. The van der Waals surface area contributed by atoms with Gasteiger partial charge >= 0.3 is 20.5 Å². The molecule has 29 heteroatoms. The lowest BCUT2D eigenvalue weighted by molar-refractivity contribution is -0.0611. The van der Waals surface area contributed by atoms with E-state index in [4.69, 9.17) is 58.3 Å². The number of aliphatic hydroxyl groups is 1. The molecule has 2 aromatic carbocycles. The number of carbonyl (C=O) groups excluding carboxylic acids is 2. The Bertz CT molecular complexity index is 2900. The first-order valence-electron chi connectivity index (χ1n) is 21.9. The van der Waals surface area contributed by atoms with Crippen molar-refractivity contribution in [2.45, 2.75) is 101 Å². The van der Waals surface area contributed by atoms with Crippen molar-refractivity contribution >= 4 is 74.6 Å². The zero-order valence-electron chi connectivity index (χ0n) is 39.1. The number of nitrogens with zero attached hydrogens (tertiary/aromatic N) is 9. The predicted molar refractivity (Wildman–Crippen MR) is 253 cm³/mol. The largest absolute Gasteiger partial charge is 0.472 e. The van der Waals surface area contributed by atoms with Crippen LogP contribution < -0.4 is 5.32 Å². The topological polar surface area (TPSA) is 309 Å². The number of benzene rings is 2. The summed E-state index contributed by atoms with van der Waals surface area (Å²) in [7, 11) is -6.67. The Hall–Kier alpha value is -5.06. The van der Waals surface area contributed by atoms with E-state index in [-0.39, 0.29) is 52.5 Å². The van der Waals surface area contributed by atoms with E-state index in [1.54, 1.807) is 48.5 Å². The molecule has 0 bridgehead atoms. The van der Waals surface area contributed by atoms with E-state index in [0.29, 0.717) is 11.1 Å². The molecule has 1 amide bonds. The molecule has 7 rings (SSSR count). The Kier molecular flexibility index (Phi) is 16.9. The maximum absolute atomic E-state index is 17.0. The summed E-state index contributed by atoms with van der Waals surface area (Å²) in [5, 5.41) is 40.2. The molecule has 380 valence electrons. The third kappa shape index (κ3) is 11.9. The number of carbonyl (C=O) groups is 2. The predicted octanol–water partition coefficient (Wildman–Crippen LogP) is 5.80. The second kappa shape index (κ2) is 22.4. The molecule has 2 aliphatic rings. The van der Waals surface area contributed by atoms with Gasteiger partial charge in [-0.1, -0.05) is 50.3 Å². The number of halogens is 1. The summed E-state index contributed by atoms with van der Waals surface area (Å²) in [5.41, 5.74) is 0.890. The second-order valence-corrected chi connectivity index (χ2v) is 26.6. The van der Waals surface area contributed by atoms with Crippen molar-refractivity contribution < 1.29 is 69.8 Å². The van der Waals surface area contributed by atoms with E-state index in [1.165, 1.54) is 17.9 Å². The number of rotatable bonds is 21. The summed E-state index contributed by atoms with van der Waals surface area (Å²) in [6.45, 7) is 3.48. The summed E-state index contributed by atoms with van der Waals surface area (Å²) >= 11 is 6.03. The molecule has 3 N–H and O–H groups in total. The van der Waals surface area contributed by atoms with E-state index in [1.807, 2.05) is 39.9 Å². The average molecular weight is 1060 g/mol. The van der Waals surface area contributed by atoms with E-state index < -0.39 is 104 Å². The molecule has 2 fully saturated rings. The van der Waals surface area contributed by atoms with Gasteiger partial charge in [0, 0.05) is 5.56 Å². The molecule has 3 unspecified atom stereocenters. The number of hydrogen-bond donors (Lipinski definition) is 3. The summed E-state index contributed by atoms with van der Waals surface area (Å²) in [4.78, 5) is 49.3. The number of esters is 1. The van der Waals surface area contributed by atoms with Crippen LogP contribution in [0.5, 0.6) is 0 Å². The van der Waals surface area contributed by atoms with Crippen LogP contribution in [-0.2, 0) is 57.6 Å². The van der Waals surface area contributed by atoms with Crippen LogP contribution in [0.2, 0.25) is 18.1 Å². The Morgan fingerprint density at radius 1 is 0.930 bits per heavy atom. The van der Waals surface area contributed by atoms with E-state index in [2.05, 4.69) is 30.6 Å². The van der Waals surface area contributed by atoms with Crippen molar-refractivity contribution in [3.05, 3.63) is 72.3 Å². The minimum absolute atomic E-state index is 0.0140. The van der Waals surface area contributed by atoms with Gasteiger partial charge in [0.25, 0.3) is 5.91 Å². The molecule has 0 aliphatic carbocycles. The van der Waals surface area contributed by atoms with Crippen LogP contribution in [0.3, 0.4) is 0 Å². The number of nitriles is 2. The van der Waals surface area contributed by atoms with Crippen LogP contribution in [0.15, 0.2) is 61.2 Å². The molecule has 2 aliphatic heterocycles. The van der Waals surface area contributed by atoms with Crippen LogP contribution in [-0.4, -0.2) is 135 Å². The van der Waals surface area contributed by atoms with Crippen molar-refractivity contribution in [1.29, 1.82) is 10.5 Å². The molecular weight excluding hydrogens is 1010 g/mol. The normalized spacial score (nSPS) is 24.3. The number of aliphatic hydroxyl groups excluding tert-OH is 1. The number of ether oxygens (including phenoxy) is 3. The van der Waals surface area contributed by atoms with Gasteiger partial charge in [0.2, 0.25) is 0 Å². The van der Waals surface area contributed by atoms with Crippen molar-refractivity contribution in [3.8, 4) is 12.1 Å². The molecule has 2 saturated heterocycles. The Balaban J connectivity index is 1.24. The SMILES string of the molecule is COC(=O)c1cccc2c1nnn2[C@@H]1O[C@H](CO)C(O[Si](C)(C)C(C)(C)C)[C@H]1OP(=S)(OCCC#N)OC[C@H]1O[C@@H](n2cnc3c(NC(=O)c4ccccc4)ncnc32)[C@H](F)[C@@H]1OP(=O)(O)OCCC#N. The van der Waals surface area contributed by atoms with Crippen molar-refractivity contribution in [3.63, 3.8) is 0 Å². The highest BCUT2D eigenvalue weighted by molar-refractivity contribution is 8.07. The first kappa shape index (κ1) is 53.7. The van der Waals surface area contributed by atoms with Gasteiger partial charge in [-0.2, -0.15) is 10.5 Å². The molecule has 10 atom stereocenters. The third-order valence-electron chi connectivity index (χ3n) is 11.9. The number of hydrogen-bond acceptors (Lipinski definition) is 21. The number of alkyl halides is 1. The minimum atomic E-state index is -5.12. The Morgan fingerprint density at radius 3 is 2.31 bits per heavy atom. The van der Waals surface area contributed by atoms with Crippen LogP contribution in [0.4, 0.5) is 10.2 Å². The smallest absolute Gasteiger partial charge is 0.465 e. The van der Waals surface area contributed by atoms with Crippen LogP contribution >= 0.6 is 14.5 Å². The molecule has 0 saturated carbocycles. The molecule has 3 aromatic heterocycles. The van der Waals surface area contributed by atoms with Gasteiger partial charge in [0.15, 0.2) is 43.9 Å². The highest BCUT2D eigenvalue weighted by Gasteiger charge is 2.55. The fraction of sp³-hybridized carbons (Fsp3) is 0.500. The van der Waals surface area contributed by atoms with Gasteiger partial charge in [0.1, 0.15) is 42.4 Å². The van der Waals surface area contributed by atoms with Crippen LogP contribution in [0.25, 0.3) is 22.2 Å². The average Bonchev–Trinajstić information content (AvgIpc) is 4.12. The number of anilines is 1. The fourth-order valence-corrected chi connectivity index (χ4v) is 11.7.